The lowest BCUT2D eigenvalue weighted by molar-refractivity contribution is -0.487. The van der Waals surface area contributed by atoms with Crippen molar-refractivity contribution in [2.24, 2.45) is 0 Å². The summed E-state index contributed by atoms with van der Waals surface area (Å²) in [4.78, 5) is 11.7. The number of benzene rings is 1. The fourth-order valence-corrected chi connectivity index (χ4v) is 1.84. The number of hydrogen-bond acceptors (Lipinski definition) is 3. The summed E-state index contributed by atoms with van der Waals surface area (Å²) in [7, 11) is 0. The van der Waals surface area contributed by atoms with Crippen LogP contribution in [0.4, 0.5) is 0 Å². The fraction of sp³-hybridized carbons (Fsp3) is 0.385. The Bertz CT molecular complexity index is 439. The number of hydrogen-bond donors (Lipinski definition) is 0. The van der Waals surface area contributed by atoms with Crippen LogP contribution in [0.15, 0.2) is 30.3 Å². The van der Waals surface area contributed by atoms with E-state index in [1.807, 2.05) is 37.3 Å². The molecule has 1 unspecified atom stereocenters. The van der Waals surface area contributed by atoms with E-state index in [1.54, 1.807) is 0 Å². The van der Waals surface area contributed by atoms with Crippen molar-refractivity contribution in [1.82, 2.24) is 0 Å². The van der Waals surface area contributed by atoms with Gasteiger partial charge in [0.25, 0.3) is 5.71 Å². The molecule has 90 valence electrons. The highest BCUT2D eigenvalue weighted by atomic mass is 16.5. The van der Waals surface area contributed by atoms with Gasteiger partial charge in [-0.05, 0) is 12.5 Å². The van der Waals surface area contributed by atoms with Crippen LogP contribution >= 0.6 is 0 Å². The molecular formula is C13H15NO3. The third-order valence-electron chi connectivity index (χ3n) is 2.91. The second kappa shape index (κ2) is 4.99. The molecule has 2 rings (SSSR count). The van der Waals surface area contributed by atoms with Crippen LogP contribution in [0, 0.1) is 5.21 Å². The first-order chi connectivity index (χ1) is 8.18. The van der Waals surface area contributed by atoms with Gasteiger partial charge in [-0.25, -0.2) is 9.53 Å². The molecular weight excluding hydrogens is 218 g/mol. The van der Waals surface area contributed by atoms with Crippen molar-refractivity contribution < 1.29 is 14.3 Å². The highest BCUT2D eigenvalue weighted by Gasteiger charge is 2.31. The van der Waals surface area contributed by atoms with Crippen LogP contribution in [0.3, 0.4) is 0 Å². The molecule has 1 aromatic carbocycles. The van der Waals surface area contributed by atoms with Crippen LogP contribution in [-0.4, -0.2) is 22.5 Å². The normalized spacial score (nSPS) is 19.5. The van der Waals surface area contributed by atoms with Crippen LogP contribution in [0.1, 0.15) is 25.3 Å². The minimum atomic E-state index is -0.492. The van der Waals surface area contributed by atoms with Gasteiger partial charge in [0.15, 0.2) is 6.04 Å². The predicted octanol–water partition coefficient (Wildman–Crippen LogP) is 1.86. The van der Waals surface area contributed by atoms with Crippen molar-refractivity contribution in [3.05, 3.63) is 41.1 Å². The standard InChI is InChI=1S/C13H15NO3/c1-10-7-8-12(14(10)16)13(15)17-9-11-5-3-2-4-6-11/h2-6,10H,7-9H2,1H3. The number of rotatable bonds is 3. The van der Waals surface area contributed by atoms with Gasteiger partial charge in [-0.15, -0.1) is 0 Å². The first kappa shape index (κ1) is 11.6. The van der Waals surface area contributed by atoms with Gasteiger partial charge in [-0.2, -0.15) is 0 Å². The largest absolute Gasteiger partial charge is 0.623 e. The zero-order valence-electron chi connectivity index (χ0n) is 9.76. The molecule has 0 saturated heterocycles. The maximum Gasteiger partial charge on any atom is 0.400 e. The van der Waals surface area contributed by atoms with Crippen LogP contribution in [0.2, 0.25) is 0 Å². The lowest BCUT2D eigenvalue weighted by Crippen LogP contribution is -2.24. The van der Waals surface area contributed by atoms with Gasteiger partial charge in [0.05, 0.1) is 0 Å². The maximum atomic E-state index is 11.7. The molecule has 0 bridgehead atoms. The van der Waals surface area contributed by atoms with Gasteiger partial charge in [0, 0.05) is 12.8 Å². The summed E-state index contributed by atoms with van der Waals surface area (Å²) in [6, 6.07) is 9.31. The summed E-state index contributed by atoms with van der Waals surface area (Å²) >= 11 is 0. The van der Waals surface area contributed by atoms with E-state index in [0.717, 1.165) is 16.7 Å². The van der Waals surface area contributed by atoms with Gasteiger partial charge in [0.1, 0.15) is 6.61 Å². The zero-order valence-corrected chi connectivity index (χ0v) is 9.76. The topological polar surface area (TPSA) is 52.4 Å². The van der Waals surface area contributed by atoms with E-state index in [-0.39, 0.29) is 18.4 Å². The summed E-state index contributed by atoms with van der Waals surface area (Å²) in [5.74, 6) is -0.492. The molecule has 0 aromatic heterocycles. The Kier molecular flexibility index (Phi) is 3.42. The molecule has 0 fully saturated rings. The molecule has 0 amide bonds. The van der Waals surface area contributed by atoms with Crippen molar-refractivity contribution in [3.63, 3.8) is 0 Å². The third-order valence-corrected chi connectivity index (χ3v) is 2.91. The molecule has 0 radical (unpaired) electrons. The number of esters is 1. The first-order valence-electron chi connectivity index (χ1n) is 5.71. The van der Waals surface area contributed by atoms with E-state index in [1.165, 1.54) is 0 Å². The van der Waals surface area contributed by atoms with Crippen LogP contribution in [-0.2, 0) is 16.1 Å². The molecule has 0 spiro atoms. The molecule has 1 atom stereocenters. The SMILES string of the molecule is CC1CCC(C(=O)OCc2ccccc2)=[N+]1[O-]. The van der Waals surface area contributed by atoms with Crippen molar-refractivity contribution in [2.45, 2.75) is 32.4 Å². The Labute approximate surface area is 100 Å². The summed E-state index contributed by atoms with van der Waals surface area (Å²) in [6.07, 6.45) is 1.23. The summed E-state index contributed by atoms with van der Waals surface area (Å²) in [5.41, 5.74) is 1.17. The predicted molar refractivity (Wildman–Crippen MR) is 63.6 cm³/mol. The van der Waals surface area contributed by atoms with E-state index in [2.05, 4.69) is 0 Å². The van der Waals surface area contributed by atoms with Gasteiger partial charge in [0.2, 0.25) is 0 Å². The van der Waals surface area contributed by atoms with Gasteiger partial charge in [-0.1, -0.05) is 30.3 Å². The number of hydroxylamine groups is 1. The fourth-order valence-electron chi connectivity index (χ4n) is 1.84. The molecule has 4 heteroatoms. The lowest BCUT2D eigenvalue weighted by atomic mass is 10.2. The second-order valence-corrected chi connectivity index (χ2v) is 4.22. The van der Waals surface area contributed by atoms with E-state index in [0.29, 0.717) is 6.42 Å². The average molecular weight is 233 g/mol. The Morgan fingerprint density at radius 1 is 1.47 bits per heavy atom. The van der Waals surface area contributed by atoms with E-state index < -0.39 is 5.97 Å². The summed E-state index contributed by atoms with van der Waals surface area (Å²) in [6.45, 7) is 2.02. The minimum Gasteiger partial charge on any atom is -0.623 e. The molecule has 1 aromatic rings. The molecule has 0 aliphatic carbocycles. The number of carbonyl (C=O) groups is 1. The van der Waals surface area contributed by atoms with E-state index >= 15 is 0 Å². The monoisotopic (exact) mass is 233 g/mol. The molecule has 1 heterocycles. The molecule has 0 saturated carbocycles. The smallest absolute Gasteiger partial charge is 0.400 e. The van der Waals surface area contributed by atoms with Gasteiger partial charge in [-0.3, -0.25) is 0 Å². The average Bonchev–Trinajstić information content (AvgIpc) is 2.69. The van der Waals surface area contributed by atoms with Crippen molar-refractivity contribution >= 4 is 11.7 Å². The first-order valence-corrected chi connectivity index (χ1v) is 5.71. The van der Waals surface area contributed by atoms with Crippen molar-refractivity contribution in [3.8, 4) is 0 Å². The number of ether oxygens (including phenoxy) is 1. The molecule has 0 N–H and O–H groups in total. The van der Waals surface area contributed by atoms with Crippen molar-refractivity contribution in [1.29, 1.82) is 0 Å². The highest BCUT2D eigenvalue weighted by molar-refractivity contribution is 6.34. The quantitative estimate of drug-likeness (QED) is 0.455. The molecule has 17 heavy (non-hydrogen) atoms. The van der Waals surface area contributed by atoms with Crippen molar-refractivity contribution in [2.75, 3.05) is 0 Å². The third kappa shape index (κ3) is 2.64. The Morgan fingerprint density at radius 3 is 2.76 bits per heavy atom. The summed E-state index contributed by atoms with van der Waals surface area (Å²) < 4.78 is 5.88. The zero-order chi connectivity index (χ0) is 12.3. The van der Waals surface area contributed by atoms with Crippen LogP contribution in [0.5, 0.6) is 0 Å². The molecule has 1 aliphatic heterocycles. The van der Waals surface area contributed by atoms with Crippen LogP contribution in [0.25, 0.3) is 0 Å². The number of carbonyl (C=O) groups excluding carboxylic acids is 1. The maximum absolute atomic E-state index is 11.7. The molecule has 4 nitrogen and oxygen atoms in total. The van der Waals surface area contributed by atoms with Gasteiger partial charge < -0.3 is 9.94 Å². The van der Waals surface area contributed by atoms with Gasteiger partial charge >= 0.3 is 5.97 Å². The van der Waals surface area contributed by atoms with E-state index in [9.17, 15) is 10.0 Å². The van der Waals surface area contributed by atoms with Crippen LogP contribution < -0.4 is 0 Å². The minimum absolute atomic E-state index is 0.116. The Morgan fingerprint density at radius 2 is 2.18 bits per heavy atom. The summed E-state index contributed by atoms with van der Waals surface area (Å²) in [5, 5.41) is 11.5. The lowest BCUT2D eigenvalue weighted by Gasteiger charge is -2.07. The Balaban J connectivity index is 1.95. The highest BCUT2D eigenvalue weighted by Crippen LogP contribution is 2.13. The molecule has 1 aliphatic rings. The second-order valence-electron chi connectivity index (χ2n) is 4.22. The Hall–Kier alpha value is -1.84. The number of nitrogens with zero attached hydrogens (tertiary/aromatic N) is 1. The van der Waals surface area contributed by atoms with E-state index in [4.69, 9.17) is 4.74 Å².